The van der Waals surface area contributed by atoms with Crippen LogP contribution in [0, 0.1) is 0 Å². The molecule has 1 aromatic rings. The zero-order chi connectivity index (χ0) is 9.26. The first-order valence-electron chi connectivity index (χ1n) is 4.20. The second-order valence-corrected chi connectivity index (χ2v) is 3.95. The minimum absolute atomic E-state index is 0.0125. The molecule has 5 heteroatoms. The van der Waals surface area contributed by atoms with Crippen molar-refractivity contribution in [2.75, 3.05) is 6.54 Å². The van der Waals surface area contributed by atoms with Crippen LogP contribution in [-0.4, -0.2) is 16.5 Å². The molecular formula is C8H11N3OS. The third-order valence-electron chi connectivity index (χ3n) is 2.02. The Morgan fingerprint density at radius 3 is 3.15 bits per heavy atom. The predicted octanol–water partition coefficient (Wildman–Crippen LogP) is 0.0179. The van der Waals surface area contributed by atoms with E-state index >= 15 is 0 Å². The SMILES string of the molecule is NCCc1nc2c(c(=O)[nH]1)CSC2. The highest BCUT2D eigenvalue weighted by atomic mass is 32.2. The smallest absolute Gasteiger partial charge is 0.255 e. The highest BCUT2D eigenvalue weighted by molar-refractivity contribution is 7.98. The van der Waals surface area contributed by atoms with Crippen LogP contribution in [0.25, 0.3) is 0 Å². The van der Waals surface area contributed by atoms with E-state index in [1.165, 1.54) is 0 Å². The maximum absolute atomic E-state index is 11.5. The number of thioether (sulfide) groups is 1. The minimum atomic E-state index is 0.0125. The van der Waals surface area contributed by atoms with Crippen molar-refractivity contribution in [1.82, 2.24) is 9.97 Å². The van der Waals surface area contributed by atoms with Crippen molar-refractivity contribution >= 4 is 11.8 Å². The van der Waals surface area contributed by atoms with Gasteiger partial charge in [0.2, 0.25) is 0 Å². The van der Waals surface area contributed by atoms with Crippen molar-refractivity contribution in [3.05, 3.63) is 27.4 Å². The molecule has 0 atom stereocenters. The summed E-state index contributed by atoms with van der Waals surface area (Å²) in [4.78, 5) is 18.6. The average Bonchev–Trinajstić information content (AvgIpc) is 2.53. The molecule has 1 aliphatic heterocycles. The molecule has 0 spiro atoms. The monoisotopic (exact) mass is 197 g/mol. The Labute approximate surface area is 79.9 Å². The number of fused-ring (bicyclic) bond motifs is 1. The van der Waals surface area contributed by atoms with Crippen LogP contribution in [0.3, 0.4) is 0 Å². The van der Waals surface area contributed by atoms with Gasteiger partial charge >= 0.3 is 0 Å². The topological polar surface area (TPSA) is 71.8 Å². The van der Waals surface area contributed by atoms with Crippen molar-refractivity contribution in [1.29, 1.82) is 0 Å². The fourth-order valence-electron chi connectivity index (χ4n) is 1.37. The fourth-order valence-corrected chi connectivity index (χ4v) is 2.41. The predicted molar refractivity (Wildman–Crippen MR) is 52.6 cm³/mol. The van der Waals surface area contributed by atoms with Gasteiger partial charge in [-0.2, -0.15) is 11.8 Å². The first-order valence-corrected chi connectivity index (χ1v) is 5.35. The summed E-state index contributed by atoms with van der Waals surface area (Å²) in [7, 11) is 0. The molecular weight excluding hydrogens is 186 g/mol. The van der Waals surface area contributed by atoms with Gasteiger partial charge in [-0.05, 0) is 6.54 Å². The summed E-state index contributed by atoms with van der Waals surface area (Å²) >= 11 is 1.73. The lowest BCUT2D eigenvalue weighted by Crippen LogP contribution is -2.18. The van der Waals surface area contributed by atoms with E-state index in [-0.39, 0.29) is 5.56 Å². The van der Waals surface area contributed by atoms with E-state index in [9.17, 15) is 4.79 Å². The first kappa shape index (κ1) is 8.77. The van der Waals surface area contributed by atoms with Crippen molar-refractivity contribution < 1.29 is 0 Å². The van der Waals surface area contributed by atoms with Crippen LogP contribution in [0.15, 0.2) is 4.79 Å². The summed E-state index contributed by atoms with van der Waals surface area (Å²) in [5.74, 6) is 2.37. The minimum Gasteiger partial charge on any atom is -0.330 e. The molecule has 4 nitrogen and oxygen atoms in total. The largest absolute Gasteiger partial charge is 0.330 e. The van der Waals surface area contributed by atoms with Gasteiger partial charge in [0, 0.05) is 23.5 Å². The highest BCUT2D eigenvalue weighted by Crippen LogP contribution is 2.24. The quantitative estimate of drug-likeness (QED) is 0.701. The molecule has 0 bridgehead atoms. The van der Waals surface area contributed by atoms with Crippen molar-refractivity contribution in [2.24, 2.45) is 5.73 Å². The molecule has 3 N–H and O–H groups in total. The third-order valence-corrected chi connectivity index (χ3v) is 2.99. The molecule has 1 aliphatic rings. The summed E-state index contributed by atoms with van der Waals surface area (Å²) in [5, 5.41) is 0. The van der Waals surface area contributed by atoms with Crippen LogP contribution in [-0.2, 0) is 17.9 Å². The number of aromatic nitrogens is 2. The number of rotatable bonds is 2. The first-order chi connectivity index (χ1) is 6.31. The van der Waals surface area contributed by atoms with Gasteiger partial charge in [0.1, 0.15) is 5.82 Å². The van der Waals surface area contributed by atoms with Gasteiger partial charge in [-0.15, -0.1) is 0 Å². The fraction of sp³-hybridized carbons (Fsp3) is 0.500. The van der Waals surface area contributed by atoms with E-state index in [1.807, 2.05) is 0 Å². The zero-order valence-corrected chi connectivity index (χ0v) is 7.99. The van der Waals surface area contributed by atoms with Gasteiger partial charge < -0.3 is 10.7 Å². The number of hydrogen-bond donors (Lipinski definition) is 2. The van der Waals surface area contributed by atoms with Crippen molar-refractivity contribution in [3.8, 4) is 0 Å². The van der Waals surface area contributed by atoms with Gasteiger partial charge in [0.25, 0.3) is 5.56 Å². The molecule has 1 aromatic heterocycles. The van der Waals surface area contributed by atoms with Gasteiger partial charge in [0.15, 0.2) is 0 Å². The number of H-pyrrole nitrogens is 1. The molecule has 0 fully saturated rings. The van der Waals surface area contributed by atoms with E-state index in [4.69, 9.17) is 5.73 Å². The summed E-state index contributed by atoms with van der Waals surface area (Å²) in [6.07, 6.45) is 0.646. The number of aromatic amines is 1. The molecule has 0 aliphatic carbocycles. The summed E-state index contributed by atoms with van der Waals surface area (Å²) in [6, 6.07) is 0. The van der Waals surface area contributed by atoms with Crippen LogP contribution < -0.4 is 11.3 Å². The van der Waals surface area contributed by atoms with Gasteiger partial charge in [-0.3, -0.25) is 4.79 Å². The second-order valence-electron chi connectivity index (χ2n) is 2.97. The van der Waals surface area contributed by atoms with Gasteiger partial charge in [0.05, 0.1) is 5.69 Å². The normalized spacial score (nSPS) is 14.5. The van der Waals surface area contributed by atoms with Crippen molar-refractivity contribution in [3.63, 3.8) is 0 Å². The lowest BCUT2D eigenvalue weighted by atomic mass is 10.2. The molecule has 0 saturated carbocycles. The van der Waals surface area contributed by atoms with Crippen LogP contribution >= 0.6 is 11.8 Å². The summed E-state index contributed by atoms with van der Waals surface area (Å²) in [6.45, 7) is 0.523. The molecule has 0 unspecified atom stereocenters. The Balaban J connectivity index is 2.44. The molecule has 0 saturated heterocycles. The lowest BCUT2D eigenvalue weighted by molar-refractivity contribution is 0.835. The maximum Gasteiger partial charge on any atom is 0.255 e. The molecule has 70 valence electrons. The standard InChI is InChI=1S/C8H11N3OS/c9-2-1-7-10-6-4-13-3-5(6)8(12)11-7/h1-4,9H2,(H,10,11,12). The van der Waals surface area contributed by atoms with E-state index in [0.717, 1.165) is 22.8 Å². The van der Waals surface area contributed by atoms with E-state index in [2.05, 4.69) is 9.97 Å². The molecule has 2 heterocycles. The van der Waals surface area contributed by atoms with Crippen LogP contribution in [0.2, 0.25) is 0 Å². The Kier molecular flexibility index (Phi) is 2.37. The Morgan fingerprint density at radius 1 is 1.54 bits per heavy atom. The summed E-state index contributed by atoms with van der Waals surface area (Å²) in [5.41, 5.74) is 7.18. The van der Waals surface area contributed by atoms with E-state index < -0.39 is 0 Å². The molecule has 13 heavy (non-hydrogen) atoms. The Bertz CT molecular complexity index is 374. The zero-order valence-electron chi connectivity index (χ0n) is 7.17. The lowest BCUT2D eigenvalue weighted by Gasteiger charge is -2.00. The van der Waals surface area contributed by atoms with E-state index in [1.54, 1.807) is 11.8 Å². The third kappa shape index (κ3) is 1.62. The average molecular weight is 197 g/mol. The number of nitrogens with one attached hydrogen (secondary N) is 1. The Morgan fingerprint density at radius 2 is 2.38 bits per heavy atom. The van der Waals surface area contributed by atoms with Crippen molar-refractivity contribution in [2.45, 2.75) is 17.9 Å². The van der Waals surface area contributed by atoms with Crippen LogP contribution in [0.1, 0.15) is 17.1 Å². The summed E-state index contributed by atoms with van der Waals surface area (Å²) < 4.78 is 0. The second kappa shape index (κ2) is 3.51. The van der Waals surface area contributed by atoms with Crippen LogP contribution in [0.5, 0.6) is 0 Å². The molecule has 0 radical (unpaired) electrons. The van der Waals surface area contributed by atoms with Crippen LogP contribution in [0.4, 0.5) is 0 Å². The molecule has 2 rings (SSSR count). The van der Waals surface area contributed by atoms with Gasteiger partial charge in [-0.1, -0.05) is 0 Å². The number of nitrogens with zero attached hydrogens (tertiary/aromatic N) is 1. The Hall–Kier alpha value is -0.810. The highest BCUT2D eigenvalue weighted by Gasteiger charge is 2.16. The van der Waals surface area contributed by atoms with E-state index in [0.29, 0.717) is 18.8 Å². The maximum atomic E-state index is 11.5. The molecule has 0 amide bonds. The number of hydrogen-bond acceptors (Lipinski definition) is 4. The van der Waals surface area contributed by atoms with Gasteiger partial charge in [-0.25, -0.2) is 4.98 Å². The number of nitrogens with two attached hydrogens (primary N) is 1. The molecule has 0 aromatic carbocycles.